The molecule has 0 aliphatic heterocycles. The highest BCUT2D eigenvalue weighted by Gasteiger charge is 2.09. The van der Waals surface area contributed by atoms with Crippen LogP contribution in [0.25, 0.3) is 0 Å². The summed E-state index contributed by atoms with van der Waals surface area (Å²) in [5, 5.41) is 5.98. The first kappa shape index (κ1) is 18.3. The molecule has 0 spiro atoms. The number of carbonyl (C=O) groups excluding carboxylic acids is 2. The Morgan fingerprint density at radius 2 is 1.74 bits per heavy atom. The molecule has 6 nitrogen and oxygen atoms in total. The summed E-state index contributed by atoms with van der Waals surface area (Å²) < 4.78 is 0. The molecule has 0 radical (unpaired) electrons. The number of rotatable bonds is 6. The summed E-state index contributed by atoms with van der Waals surface area (Å²) in [6, 6.07) is 16.5. The van der Waals surface area contributed by atoms with Crippen molar-refractivity contribution in [2.24, 2.45) is 0 Å². The standard InChI is InChI=1S/C21H20N4O2/c1-14-5-3-4-6-17(14)12-22-21(27)19-11-20(24-13-23-19)25-18-9-7-16(8-10-18)15(2)26/h3-11,13H,12H2,1-2H3,(H,22,27)(H,23,24,25). The Labute approximate surface area is 157 Å². The van der Waals surface area contributed by atoms with Gasteiger partial charge in [-0.25, -0.2) is 9.97 Å². The van der Waals surface area contributed by atoms with Crippen molar-refractivity contribution in [3.05, 3.63) is 83.3 Å². The monoisotopic (exact) mass is 360 g/mol. The van der Waals surface area contributed by atoms with Crippen LogP contribution in [0, 0.1) is 6.92 Å². The number of aryl methyl sites for hydroxylation is 1. The second-order valence-corrected chi connectivity index (χ2v) is 6.16. The van der Waals surface area contributed by atoms with Gasteiger partial charge in [0.15, 0.2) is 5.78 Å². The van der Waals surface area contributed by atoms with Crippen molar-refractivity contribution >= 4 is 23.2 Å². The Hall–Kier alpha value is -3.54. The maximum absolute atomic E-state index is 12.4. The lowest BCUT2D eigenvalue weighted by molar-refractivity contribution is 0.0945. The molecular formula is C21H20N4O2. The van der Waals surface area contributed by atoms with Gasteiger partial charge in [-0.2, -0.15) is 0 Å². The first-order valence-electron chi connectivity index (χ1n) is 8.56. The summed E-state index contributed by atoms with van der Waals surface area (Å²) in [7, 11) is 0. The van der Waals surface area contributed by atoms with E-state index in [1.807, 2.05) is 31.2 Å². The second kappa shape index (κ2) is 8.23. The van der Waals surface area contributed by atoms with E-state index in [0.29, 0.717) is 17.9 Å². The van der Waals surface area contributed by atoms with Gasteiger partial charge in [-0.3, -0.25) is 9.59 Å². The molecule has 1 aromatic heterocycles. The summed E-state index contributed by atoms with van der Waals surface area (Å²) in [6.07, 6.45) is 1.34. The molecule has 3 rings (SSSR count). The maximum Gasteiger partial charge on any atom is 0.270 e. The van der Waals surface area contributed by atoms with Gasteiger partial charge in [0.05, 0.1) is 0 Å². The third-order valence-electron chi connectivity index (χ3n) is 4.16. The zero-order valence-electron chi connectivity index (χ0n) is 15.2. The second-order valence-electron chi connectivity index (χ2n) is 6.16. The van der Waals surface area contributed by atoms with Crippen LogP contribution in [0.4, 0.5) is 11.5 Å². The Kier molecular flexibility index (Phi) is 5.56. The fourth-order valence-corrected chi connectivity index (χ4v) is 2.56. The number of ketones is 1. The fraction of sp³-hybridized carbons (Fsp3) is 0.143. The van der Waals surface area contributed by atoms with Crippen LogP contribution in [0.3, 0.4) is 0 Å². The number of benzene rings is 2. The SMILES string of the molecule is CC(=O)c1ccc(Nc2cc(C(=O)NCc3ccccc3C)ncn2)cc1. The normalized spacial score (nSPS) is 10.3. The number of hydrogen-bond acceptors (Lipinski definition) is 5. The predicted molar refractivity (Wildman–Crippen MR) is 104 cm³/mol. The number of nitrogens with one attached hydrogen (secondary N) is 2. The van der Waals surface area contributed by atoms with E-state index >= 15 is 0 Å². The summed E-state index contributed by atoms with van der Waals surface area (Å²) in [5.74, 6) is 0.244. The molecule has 0 bridgehead atoms. The zero-order chi connectivity index (χ0) is 19.2. The molecule has 0 saturated carbocycles. The summed E-state index contributed by atoms with van der Waals surface area (Å²) in [5.41, 5.74) is 3.87. The van der Waals surface area contributed by atoms with Crippen LogP contribution < -0.4 is 10.6 Å². The quantitative estimate of drug-likeness (QED) is 0.656. The van der Waals surface area contributed by atoms with Crippen LogP contribution in [0.5, 0.6) is 0 Å². The van der Waals surface area contributed by atoms with Crippen LogP contribution in [0.15, 0.2) is 60.9 Å². The van der Waals surface area contributed by atoms with Gasteiger partial charge in [0, 0.05) is 23.9 Å². The molecule has 6 heteroatoms. The molecule has 1 heterocycles. The van der Waals surface area contributed by atoms with Gasteiger partial charge in [0.2, 0.25) is 0 Å². The van der Waals surface area contributed by atoms with Crippen molar-refractivity contribution in [3.63, 3.8) is 0 Å². The van der Waals surface area contributed by atoms with E-state index in [0.717, 1.165) is 16.8 Å². The van der Waals surface area contributed by atoms with E-state index < -0.39 is 0 Å². The minimum atomic E-state index is -0.268. The van der Waals surface area contributed by atoms with E-state index in [4.69, 9.17) is 0 Å². The van der Waals surface area contributed by atoms with E-state index in [2.05, 4.69) is 20.6 Å². The van der Waals surface area contributed by atoms with Crippen LogP contribution in [0.1, 0.15) is 38.9 Å². The highest BCUT2D eigenvalue weighted by atomic mass is 16.1. The summed E-state index contributed by atoms with van der Waals surface area (Å²) in [6.45, 7) is 3.96. The Balaban J connectivity index is 1.66. The molecule has 0 unspecified atom stereocenters. The lowest BCUT2D eigenvalue weighted by Crippen LogP contribution is -2.24. The van der Waals surface area contributed by atoms with Crippen LogP contribution >= 0.6 is 0 Å². The average Bonchev–Trinajstić information content (AvgIpc) is 2.68. The molecule has 2 aromatic carbocycles. The Morgan fingerprint density at radius 1 is 1.00 bits per heavy atom. The van der Waals surface area contributed by atoms with E-state index in [-0.39, 0.29) is 17.4 Å². The van der Waals surface area contributed by atoms with Crippen molar-refractivity contribution in [3.8, 4) is 0 Å². The zero-order valence-corrected chi connectivity index (χ0v) is 15.2. The summed E-state index contributed by atoms with van der Waals surface area (Å²) >= 11 is 0. The topological polar surface area (TPSA) is 84.0 Å². The predicted octanol–water partition coefficient (Wildman–Crippen LogP) is 3.66. The van der Waals surface area contributed by atoms with Crippen molar-refractivity contribution in [1.82, 2.24) is 15.3 Å². The molecular weight excluding hydrogens is 340 g/mol. The first-order valence-corrected chi connectivity index (χ1v) is 8.56. The number of anilines is 2. The van der Waals surface area contributed by atoms with E-state index in [1.54, 1.807) is 30.3 Å². The molecule has 1 amide bonds. The van der Waals surface area contributed by atoms with Crippen LogP contribution in [0.2, 0.25) is 0 Å². The number of aromatic nitrogens is 2. The smallest absolute Gasteiger partial charge is 0.270 e. The number of nitrogens with zero attached hydrogens (tertiary/aromatic N) is 2. The van der Waals surface area contributed by atoms with E-state index in [1.165, 1.54) is 13.3 Å². The van der Waals surface area contributed by atoms with Crippen molar-refractivity contribution in [2.45, 2.75) is 20.4 Å². The molecule has 0 saturated heterocycles. The van der Waals surface area contributed by atoms with Crippen molar-refractivity contribution < 1.29 is 9.59 Å². The number of Topliss-reactive ketones (excluding diaryl/α,β-unsaturated/α-hetero) is 1. The van der Waals surface area contributed by atoms with Gasteiger partial charge in [0.25, 0.3) is 5.91 Å². The molecule has 0 aliphatic rings. The average molecular weight is 360 g/mol. The minimum Gasteiger partial charge on any atom is -0.347 e. The maximum atomic E-state index is 12.4. The molecule has 0 aliphatic carbocycles. The molecule has 3 aromatic rings. The van der Waals surface area contributed by atoms with Crippen LogP contribution in [-0.4, -0.2) is 21.7 Å². The first-order chi connectivity index (χ1) is 13.0. The van der Waals surface area contributed by atoms with Gasteiger partial charge in [-0.1, -0.05) is 24.3 Å². The lowest BCUT2D eigenvalue weighted by atomic mass is 10.1. The highest BCUT2D eigenvalue weighted by Crippen LogP contribution is 2.16. The van der Waals surface area contributed by atoms with Gasteiger partial charge >= 0.3 is 0 Å². The number of carbonyl (C=O) groups is 2. The van der Waals surface area contributed by atoms with E-state index in [9.17, 15) is 9.59 Å². The lowest BCUT2D eigenvalue weighted by Gasteiger charge is -2.09. The van der Waals surface area contributed by atoms with Gasteiger partial charge in [0.1, 0.15) is 17.8 Å². The Morgan fingerprint density at radius 3 is 2.44 bits per heavy atom. The molecule has 0 fully saturated rings. The van der Waals surface area contributed by atoms with Gasteiger partial charge < -0.3 is 10.6 Å². The fourth-order valence-electron chi connectivity index (χ4n) is 2.56. The third kappa shape index (κ3) is 4.76. The number of hydrogen-bond donors (Lipinski definition) is 2. The van der Waals surface area contributed by atoms with Crippen LogP contribution in [-0.2, 0) is 6.54 Å². The molecule has 2 N–H and O–H groups in total. The van der Waals surface area contributed by atoms with Crippen molar-refractivity contribution in [1.29, 1.82) is 0 Å². The third-order valence-corrected chi connectivity index (χ3v) is 4.16. The highest BCUT2D eigenvalue weighted by molar-refractivity contribution is 5.94. The molecule has 136 valence electrons. The van der Waals surface area contributed by atoms with Crippen molar-refractivity contribution in [2.75, 3.05) is 5.32 Å². The summed E-state index contributed by atoms with van der Waals surface area (Å²) in [4.78, 5) is 31.9. The minimum absolute atomic E-state index is 0.0104. The Bertz CT molecular complexity index is 968. The van der Waals surface area contributed by atoms with Gasteiger partial charge in [-0.15, -0.1) is 0 Å². The number of amides is 1. The van der Waals surface area contributed by atoms with Gasteiger partial charge in [-0.05, 0) is 49.2 Å². The molecule has 0 atom stereocenters. The largest absolute Gasteiger partial charge is 0.347 e. The molecule has 27 heavy (non-hydrogen) atoms.